The molecule has 0 bridgehead atoms. The summed E-state index contributed by atoms with van der Waals surface area (Å²) in [6, 6.07) is 4.58. The Labute approximate surface area is 170 Å². The summed E-state index contributed by atoms with van der Waals surface area (Å²) in [5.41, 5.74) is 0.547. The minimum absolute atomic E-state index is 0.106. The molecule has 28 heavy (non-hydrogen) atoms. The molecule has 2 N–H and O–H groups in total. The van der Waals surface area contributed by atoms with Gasteiger partial charge in [0.25, 0.3) is 0 Å². The molecule has 0 aromatic heterocycles. The molecule has 1 aromatic carbocycles. The van der Waals surface area contributed by atoms with Gasteiger partial charge in [-0.1, -0.05) is 11.6 Å². The number of piperazine rings is 1. The number of aliphatic imine (C=N–C) groups is 1. The Morgan fingerprint density at radius 1 is 1.21 bits per heavy atom. The summed E-state index contributed by atoms with van der Waals surface area (Å²) in [6.07, 6.45) is 2.15. The molecule has 9 heteroatoms. The number of hydrogen-bond acceptors (Lipinski definition) is 4. The Kier molecular flexibility index (Phi) is 9.73. The molecule has 1 heterocycles. The summed E-state index contributed by atoms with van der Waals surface area (Å²) in [7, 11) is 3.83. The zero-order valence-electron chi connectivity index (χ0n) is 16.6. The fourth-order valence-corrected chi connectivity index (χ4v) is 3.23. The summed E-state index contributed by atoms with van der Waals surface area (Å²) in [5, 5.41) is 6.82. The average Bonchev–Trinajstić information content (AvgIpc) is 2.67. The molecule has 1 fully saturated rings. The van der Waals surface area contributed by atoms with Gasteiger partial charge in [0.15, 0.2) is 5.96 Å². The van der Waals surface area contributed by atoms with Crippen LogP contribution in [0.3, 0.4) is 0 Å². The van der Waals surface area contributed by atoms with Crippen LogP contribution >= 0.6 is 11.6 Å². The van der Waals surface area contributed by atoms with E-state index in [0.717, 1.165) is 52.1 Å². The van der Waals surface area contributed by atoms with Crippen LogP contribution in [0.2, 0.25) is 5.02 Å². The highest BCUT2D eigenvalue weighted by Gasteiger charge is 2.13. The summed E-state index contributed by atoms with van der Waals surface area (Å²) < 4.78 is 29.6. The second kappa shape index (κ2) is 12.0. The Morgan fingerprint density at radius 2 is 1.96 bits per heavy atom. The highest BCUT2D eigenvalue weighted by molar-refractivity contribution is 6.30. The number of guanidine groups is 1. The quantitative estimate of drug-likeness (QED) is 0.367. The highest BCUT2D eigenvalue weighted by Crippen LogP contribution is 2.24. The maximum Gasteiger partial charge on any atom is 0.387 e. The van der Waals surface area contributed by atoms with Crippen LogP contribution in [0.5, 0.6) is 5.75 Å². The van der Waals surface area contributed by atoms with Crippen LogP contribution in [-0.4, -0.2) is 75.7 Å². The van der Waals surface area contributed by atoms with Crippen molar-refractivity contribution in [3.8, 4) is 5.75 Å². The van der Waals surface area contributed by atoms with E-state index in [0.29, 0.717) is 16.5 Å². The Hall–Kier alpha value is -1.64. The minimum Gasteiger partial charge on any atom is -0.434 e. The van der Waals surface area contributed by atoms with E-state index in [1.165, 1.54) is 12.1 Å². The number of nitrogens with one attached hydrogen (secondary N) is 2. The molecule has 0 aliphatic carbocycles. The number of rotatable bonds is 9. The van der Waals surface area contributed by atoms with E-state index >= 15 is 0 Å². The predicted octanol–water partition coefficient (Wildman–Crippen LogP) is 2.63. The SMILES string of the molecule is CN=C(NCCCCN1CCN(C)CC1)NCc1cc(Cl)ccc1OC(F)F. The van der Waals surface area contributed by atoms with Crippen LogP contribution < -0.4 is 15.4 Å². The van der Waals surface area contributed by atoms with Crippen molar-refractivity contribution in [3.05, 3.63) is 28.8 Å². The molecular weight excluding hydrogens is 388 g/mol. The van der Waals surface area contributed by atoms with Crippen LogP contribution in [0.4, 0.5) is 8.78 Å². The monoisotopic (exact) mass is 417 g/mol. The zero-order chi connectivity index (χ0) is 20.4. The van der Waals surface area contributed by atoms with Crippen molar-refractivity contribution in [2.45, 2.75) is 26.0 Å². The first-order valence-corrected chi connectivity index (χ1v) is 9.94. The third kappa shape index (κ3) is 8.16. The van der Waals surface area contributed by atoms with E-state index in [4.69, 9.17) is 11.6 Å². The number of ether oxygens (including phenoxy) is 1. The van der Waals surface area contributed by atoms with Gasteiger partial charge in [0, 0.05) is 56.9 Å². The number of unbranched alkanes of at least 4 members (excludes halogenated alkanes) is 1. The van der Waals surface area contributed by atoms with Crippen molar-refractivity contribution in [1.82, 2.24) is 20.4 Å². The van der Waals surface area contributed by atoms with Crippen molar-refractivity contribution in [2.24, 2.45) is 4.99 Å². The second-order valence-corrected chi connectivity index (χ2v) is 7.27. The number of halogens is 3. The molecule has 0 spiro atoms. The van der Waals surface area contributed by atoms with Crippen molar-refractivity contribution >= 4 is 17.6 Å². The average molecular weight is 418 g/mol. The summed E-state index contributed by atoms with van der Waals surface area (Å²) >= 11 is 5.97. The van der Waals surface area contributed by atoms with Crippen molar-refractivity contribution in [1.29, 1.82) is 0 Å². The van der Waals surface area contributed by atoms with E-state index in [1.54, 1.807) is 13.1 Å². The van der Waals surface area contributed by atoms with Crippen LogP contribution in [0.1, 0.15) is 18.4 Å². The first-order chi connectivity index (χ1) is 13.5. The smallest absolute Gasteiger partial charge is 0.387 e. The fraction of sp³-hybridized carbons (Fsp3) is 0.632. The normalized spacial score (nSPS) is 16.4. The van der Waals surface area contributed by atoms with Crippen LogP contribution in [0.25, 0.3) is 0 Å². The van der Waals surface area contributed by atoms with Gasteiger partial charge >= 0.3 is 6.61 Å². The maximum absolute atomic E-state index is 12.5. The van der Waals surface area contributed by atoms with E-state index in [9.17, 15) is 8.78 Å². The third-order valence-electron chi connectivity index (χ3n) is 4.70. The molecule has 0 saturated carbocycles. The maximum atomic E-state index is 12.5. The van der Waals surface area contributed by atoms with Gasteiger partial charge in [0.2, 0.25) is 0 Å². The molecule has 1 saturated heterocycles. The Bertz CT molecular complexity index is 624. The largest absolute Gasteiger partial charge is 0.434 e. The number of likely N-dealkylation sites (N-methyl/N-ethyl adjacent to an activating group) is 1. The van der Waals surface area contributed by atoms with Gasteiger partial charge in [-0.15, -0.1) is 0 Å². The van der Waals surface area contributed by atoms with Crippen molar-refractivity contribution in [3.63, 3.8) is 0 Å². The van der Waals surface area contributed by atoms with Crippen LogP contribution in [0, 0.1) is 0 Å². The lowest BCUT2D eigenvalue weighted by molar-refractivity contribution is -0.0504. The van der Waals surface area contributed by atoms with Gasteiger partial charge in [-0.3, -0.25) is 4.99 Å². The lowest BCUT2D eigenvalue weighted by Crippen LogP contribution is -2.44. The summed E-state index contributed by atoms with van der Waals surface area (Å²) in [4.78, 5) is 9.02. The molecule has 1 aromatic rings. The molecule has 1 aliphatic heterocycles. The molecule has 0 amide bonds. The third-order valence-corrected chi connectivity index (χ3v) is 4.93. The van der Waals surface area contributed by atoms with E-state index in [1.807, 2.05) is 0 Å². The number of nitrogens with zero attached hydrogens (tertiary/aromatic N) is 3. The first-order valence-electron chi connectivity index (χ1n) is 9.56. The Balaban J connectivity index is 1.69. The molecule has 0 atom stereocenters. The summed E-state index contributed by atoms with van der Waals surface area (Å²) in [5.74, 6) is 0.720. The lowest BCUT2D eigenvalue weighted by Gasteiger charge is -2.32. The second-order valence-electron chi connectivity index (χ2n) is 6.84. The standard InChI is InChI=1S/C19H30ClF2N5O/c1-23-19(24-7-3-4-8-27-11-9-26(2)10-12-27)25-14-15-13-16(20)5-6-17(15)28-18(21)22/h5-6,13,18H,3-4,7-12,14H2,1-2H3,(H2,23,24,25). The zero-order valence-corrected chi connectivity index (χ0v) is 17.3. The van der Waals surface area contributed by atoms with Gasteiger partial charge in [-0.2, -0.15) is 8.78 Å². The van der Waals surface area contributed by atoms with Crippen LogP contribution in [-0.2, 0) is 6.54 Å². The van der Waals surface area contributed by atoms with Crippen LogP contribution in [0.15, 0.2) is 23.2 Å². The first kappa shape index (κ1) is 22.6. The van der Waals surface area contributed by atoms with Gasteiger partial charge in [-0.25, -0.2) is 0 Å². The molecule has 2 rings (SSSR count). The molecular formula is C19H30ClF2N5O. The number of benzene rings is 1. The topological polar surface area (TPSA) is 52.1 Å². The van der Waals surface area contributed by atoms with Crippen molar-refractivity contribution in [2.75, 3.05) is 53.4 Å². The highest BCUT2D eigenvalue weighted by atomic mass is 35.5. The van der Waals surface area contributed by atoms with E-state index in [2.05, 4.69) is 37.2 Å². The van der Waals surface area contributed by atoms with E-state index < -0.39 is 6.61 Å². The molecule has 0 radical (unpaired) electrons. The van der Waals surface area contributed by atoms with Gasteiger partial charge < -0.3 is 25.2 Å². The minimum atomic E-state index is -2.88. The molecule has 0 unspecified atom stereocenters. The molecule has 1 aliphatic rings. The Morgan fingerprint density at radius 3 is 2.64 bits per heavy atom. The van der Waals surface area contributed by atoms with Gasteiger partial charge in [0.1, 0.15) is 5.75 Å². The summed E-state index contributed by atoms with van der Waals surface area (Å²) in [6.45, 7) is 3.85. The predicted molar refractivity (Wildman–Crippen MR) is 109 cm³/mol. The van der Waals surface area contributed by atoms with E-state index in [-0.39, 0.29) is 12.3 Å². The number of alkyl halides is 2. The number of hydrogen-bond donors (Lipinski definition) is 2. The van der Waals surface area contributed by atoms with Crippen molar-refractivity contribution < 1.29 is 13.5 Å². The molecule has 158 valence electrons. The fourth-order valence-electron chi connectivity index (χ4n) is 3.04. The lowest BCUT2D eigenvalue weighted by atomic mass is 10.2. The van der Waals surface area contributed by atoms with Gasteiger partial charge in [-0.05, 0) is 44.6 Å². The molecule has 6 nitrogen and oxygen atoms in total. The van der Waals surface area contributed by atoms with Gasteiger partial charge in [0.05, 0.1) is 0 Å².